The minimum atomic E-state index is -0.141. The van der Waals surface area contributed by atoms with E-state index in [-0.39, 0.29) is 17.5 Å². The van der Waals surface area contributed by atoms with Gasteiger partial charge in [-0.3, -0.25) is 9.69 Å². The molecule has 2 aliphatic heterocycles. The van der Waals surface area contributed by atoms with Crippen molar-refractivity contribution in [3.8, 4) is 0 Å². The predicted molar refractivity (Wildman–Crippen MR) is 99.0 cm³/mol. The van der Waals surface area contributed by atoms with Gasteiger partial charge < -0.3 is 15.5 Å². The van der Waals surface area contributed by atoms with E-state index in [4.69, 9.17) is 11.6 Å². The summed E-state index contributed by atoms with van der Waals surface area (Å²) in [6, 6.07) is 5.37. The minimum Gasteiger partial charge on any atom is -0.356 e. The molecule has 1 aromatic carbocycles. The highest BCUT2D eigenvalue weighted by Gasteiger charge is 2.42. The molecule has 2 saturated heterocycles. The molecular formula is C18H25ClN4O2. The third kappa shape index (κ3) is 3.90. The second-order valence-electron chi connectivity index (χ2n) is 7.06. The molecule has 1 atom stereocenters. The van der Waals surface area contributed by atoms with Crippen LogP contribution in [-0.4, -0.2) is 60.5 Å². The Kier molecular flexibility index (Phi) is 5.20. The van der Waals surface area contributed by atoms with Crippen molar-refractivity contribution in [1.29, 1.82) is 0 Å². The number of rotatable bonds is 1. The lowest BCUT2D eigenvalue weighted by Crippen LogP contribution is -2.62. The Morgan fingerprint density at radius 2 is 2.12 bits per heavy atom. The molecule has 1 spiro atoms. The van der Waals surface area contributed by atoms with Crippen molar-refractivity contribution in [3.63, 3.8) is 0 Å². The fourth-order valence-electron chi connectivity index (χ4n) is 3.69. The van der Waals surface area contributed by atoms with E-state index in [1.54, 1.807) is 6.07 Å². The third-order valence-corrected chi connectivity index (χ3v) is 5.69. The number of anilines is 1. The van der Waals surface area contributed by atoms with Crippen LogP contribution >= 0.6 is 11.6 Å². The first-order chi connectivity index (χ1) is 11.9. The summed E-state index contributed by atoms with van der Waals surface area (Å²) in [5.74, 6) is 0.0985. The van der Waals surface area contributed by atoms with E-state index in [1.165, 1.54) is 0 Å². The van der Waals surface area contributed by atoms with E-state index in [0.717, 1.165) is 30.6 Å². The smallest absolute Gasteiger partial charge is 0.321 e. The SMILES string of the molecule is Cc1ccc(Cl)cc1NC(=O)N1CCN(C)C2(CCNC(=O)CC2)C1. The molecule has 3 rings (SSSR count). The van der Waals surface area contributed by atoms with Gasteiger partial charge in [-0.1, -0.05) is 17.7 Å². The van der Waals surface area contributed by atoms with Gasteiger partial charge >= 0.3 is 6.03 Å². The second-order valence-corrected chi connectivity index (χ2v) is 7.49. The summed E-state index contributed by atoms with van der Waals surface area (Å²) in [7, 11) is 2.09. The predicted octanol–water partition coefficient (Wildman–Crippen LogP) is 2.47. The summed E-state index contributed by atoms with van der Waals surface area (Å²) in [5.41, 5.74) is 1.58. The van der Waals surface area contributed by atoms with E-state index in [9.17, 15) is 9.59 Å². The lowest BCUT2D eigenvalue weighted by molar-refractivity contribution is -0.121. The van der Waals surface area contributed by atoms with Crippen molar-refractivity contribution in [2.24, 2.45) is 0 Å². The quantitative estimate of drug-likeness (QED) is 0.804. The molecule has 25 heavy (non-hydrogen) atoms. The summed E-state index contributed by atoms with van der Waals surface area (Å²) in [6.07, 6.45) is 2.14. The molecule has 2 fully saturated rings. The lowest BCUT2D eigenvalue weighted by Gasteiger charge is -2.49. The summed E-state index contributed by atoms with van der Waals surface area (Å²) in [6.45, 7) is 4.71. The Morgan fingerprint density at radius 3 is 2.92 bits per heavy atom. The standard InChI is InChI=1S/C18H25ClN4O2/c1-13-3-4-14(19)11-15(13)21-17(25)23-10-9-22(2)18(12-23)6-5-16(24)20-8-7-18/h3-4,11H,5-10,12H2,1-2H3,(H,20,24)(H,21,25). The Hall–Kier alpha value is -1.79. The number of hydrogen-bond donors (Lipinski definition) is 2. The molecule has 0 aliphatic carbocycles. The Morgan fingerprint density at radius 1 is 1.32 bits per heavy atom. The number of piperazine rings is 1. The van der Waals surface area contributed by atoms with Gasteiger partial charge in [0.1, 0.15) is 0 Å². The number of aryl methyl sites for hydroxylation is 1. The van der Waals surface area contributed by atoms with Crippen LogP contribution in [0.2, 0.25) is 5.02 Å². The molecule has 3 amide bonds. The summed E-state index contributed by atoms with van der Waals surface area (Å²) in [4.78, 5) is 28.7. The fourth-order valence-corrected chi connectivity index (χ4v) is 3.87. The van der Waals surface area contributed by atoms with Crippen molar-refractivity contribution in [3.05, 3.63) is 28.8 Å². The van der Waals surface area contributed by atoms with Crippen LogP contribution in [0.25, 0.3) is 0 Å². The highest BCUT2D eigenvalue weighted by molar-refractivity contribution is 6.31. The van der Waals surface area contributed by atoms with Crippen molar-refractivity contribution in [1.82, 2.24) is 15.1 Å². The molecule has 136 valence electrons. The summed E-state index contributed by atoms with van der Waals surface area (Å²) >= 11 is 6.04. The molecular weight excluding hydrogens is 340 g/mol. The summed E-state index contributed by atoms with van der Waals surface area (Å²) in [5, 5.41) is 6.52. The van der Waals surface area contributed by atoms with E-state index in [2.05, 4.69) is 22.6 Å². The molecule has 2 heterocycles. The van der Waals surface area contributed by atoms with Crippen LogP contribution in [0.15, 0.2) is 18.2 Å². The summed E-state index contributed by atoms with van der Waals surface area (Å²) < 4.78 is 0. The Bertz CT molecular complexity index is 681. The van der Waals surface area contributed by atoms with Crippen LogP contribution in [0.3, 0.4) is 0 Å². The van der Waals surface area contributed by atoms with Crippen molar-refractivity contribution < 1.29 is 9.59 Å². The first-order valence-electron chi connectivity index (χ1n) is 8.70. The van der Waals surface area contributed by atoms with E-state index < -0.39 is 0 Å². The molecule has 2 aliphatic rings. The van der Waals surface area contributed by atoms with Gasteiger partial charge in [0.2, 0.25) is 5.91 Å². The maximum Gasteiger partial charge on any atom is 0.321 e. The third-order valence-electron chi connectivity index (χ3n) is 5.46. The molecule has 7 heteroatoms. The largest absolute Gasteiger partial charge is 0.356 e. The molecule has 1 aromatic rings. The molecule has 0 bridgehead atoms. The fraction of sp³-hybridized carbons (Fsp3) is 0.556. The average molecular weight is 365 g/mol. The van der Waals surface area contributed by atoms with Crippen molar-refractivity contribution in [2.75, 3.05) is 38.5 Å². The maximum absolute atomic E-state index is 12.8. The average Bonchev–Trinajstić information content (AvgIpc) is 2.76. The van der Waals surface area contributed by atoms with Gasteiger partial charge in [0.15, 0.2) is 0 Å². The number of carbonyl (C=O) groups excluding carboxylic acids is 2. The number of nitrogens with one attached hydrogen (secondary N) is 2. The molecule has 0 aromatic heterocycles. The normalized spacial score (nSPS) is 24.8. The number of urea groups is 1. The monoisotopic (exact) mass is 364 g/mol. The van der Waals surface area contributed by atoms with Gasteiger partial charge in [0.25, 0.3) is 0 Å². The highest BCUT2D eigenvalue weighted by atomic mass is 35.5. The molecule has 6 nitrogen and oxygen atoms in total. The van der Waals surface area contributed by atoms with E-state index in [0.29, 0.717) is 31.1 Å². The van der Waals surface area contributed by atoms with E-state index >= 15 is 0 Å². The van der Waals surface area contributed by atoms with Gasteiger partial charge in [-0.25, -0.2) is 4.79 Å². The van der Waals surface area contributed by atoms with E-state index in [1.807, 2.05) is 24.0 Å². The highest BCUT2D eigenvalue weighted by Crippen LogP contribution is 2.31. The van der Waals surface area contributed by atoms with Crippen molar-refractivity contribution >= 4 is 29.2 Å². The Balaban J connectivity index is 1.73. The number of benzene rings is 1. The molecule has 2 N–H and O–H groups in total. The van der Waals surface area contributed by atoms with Gasteiger partial charge in [-0.15, -0.1) is 0 Å². The topological polar surface area (TPSA) is 64.7 Å². The van der Waals surface area contributed by atoms with Crippen LogP contribution in [-0.2, 0) is 4.79 Å². The number of carbonyl (C=O) groups is 2. The lowest BCUT2D eigenvalue weighted by atomic mass is 9.86. The first kappa shape index (κ1) is 18.0. The molecule has 1 unspecified atom stereocenters. The number of hydrogen-bond acceptors (Lipinski definition) is 3. The minimum absolute atomic E-state index is 0.0985. The number of amides is 3. The second kappa shape index (κ2) is 7.22. The van der Waals surface area contributed by atoms with Gasteiger partial charge in [-0.05, 0) is 44.5 Å². The van der Waals surface area contributed by atoms with Gasteiger partial charge in [-0.2, -0.15) is 0 Å². The van der Waals surface area contributed by atoms with Crippen LogP contribution in [0.1, 0.15) is 24.8 Å². The molecule has 0 saturated carbocycles. The van der Waals surface area contributed by atoms with Crippen LogP contribution in [0, 0.1) is 6.92 Å². The number of likely N-dealkylation sites (N-methyl/N-ethyl adjacent to an activating group) is 1. The van der Waals surface area contributed by atoms with Gasteiger partial charge in [0, 0.05) is 48.8 Å². The zero-order valence-electron chi connectivity index (χ0n) is 14.8. The zero-order chi connectivity index (χ0) is 18.0. The van der Waals surface area contributed by atoms with Crippen LogP contribution in [0.4, 0.5) is 10.5 Å². The number of nitrogens with zero attached hydrogens (tertiary/aromatic N) is 2. The van der Waals surface area contributed by atoms with Gasteiger partial charge in [0.05, 0.1) is 0 Å². The van der Waals surface area contributed by atoms with Crippen molar-refractivity contribution in [2.45, 2.75) is 31.7 Å². The van der Waals surface area contributed by atoms with Crippen LogP contribution in [0.5, 0.6) is 0 Å². The maximum atomic E-state index is 12.8. The number of halogens is 1. The Labute approximate surface area is 153 Å². The zero-order valence-corrected chi connectivity index (χ0v) is 15.5. The first-order valence-corrected chi connectivity index (χ1v) is 9.07. The molecule has 0 radical (unpaired) electrons. The van der Waals surface area contributed by atoms with Crippen LogP contribution < -0.4 is 10.6 Å².